The van der Waals surface area contributed by atoms with Crippen LogP contribution < -0.4 is 0 Å². The van der Waals surface area contributed by atoms with Crippen LogP contribution >= 0.6 is 0 Å². The molecule has 1 heterocycles. The number of esters is 1. The predicted octanol–water partition coefficient (Wildman–Crippen LogP) is 3.75. The van der Waals surface area contributed by atoms with E-state index in [0.717, 1.165) is 28.0 Å². The largest absolute Gasteiger partial charge is 0.457 e. The maximum absolute atomic E-state index is 12.4. The Kier molecular flexibility index (Phi) is 6.77. The molecule has 1 aliphatic rings. The minimum absolute atomic E-state index is 0.00125. The molecule has 0 radical (unpaired) electrons. The third-order valence-corrected chi connectivity index (χ3v) is 5.25. The molecule has 0 aliphatic carbocycles. The van der Waals surface area contributed by atoms with Crippen LogP contribution in [0.15, 0.2) is 47.6 Å². The van der Waals surface area contributed by atoms with E-state index in [1.165, 1.54) is 5.01 Å². The number of hydrogen-bond acceptors (Lipinski definition) is 5. The Morgan fingerprint density at radius 2 is 1.67 bits per heavy atom. The van der Waals surface area contributed by atoms with Gasteiger partial charge in [-0.25, -0.2) is 5.01 Å². The van der Waals surface area contributed by atoms with Crippen molar-refractivity contribution < 1.29 is 19.1 Å². The topological polar surface area (TPSA) is 76.0 Å². The third-order valence-electron chi connectivity index (χ3n) is 5.25. The average molecular weight is 406 g/mol. The average Bonchev–Trinajstić information content (AvgIpc) is 3.24. The molecule has 156 valence electrons. The maximum Gasteiger partial charge on any atom is 0.306 e. The lowest BCUT2D eigenvalue weighted by Crippen LogP contribution is -2.24. The summed E-state index contributed by atoms with van der Waals surface area (Å²) in [7, 11) is 0. The molecule has 0 bridgehead atoms. The molecule has 6 nitrogen and oxygen atoms in total. The first-order chi connectivity index (χ1) is 14.3. The van der Waals surface area contributed by atoms with E-state index in [1.807, 2.05) is 63.2 Å². The summed E-state index contributed by atoms with van der Waals surface area (Å²) >= 11 is 0. The van der Waals surface area contributed by atoms with Crippen molar-refractivity contribution in [2.24, 2.45) is 5.10 Å². The van der Waals surface area contributed by atoms with E-state index in [-0.39, 0.29) is 31.1 Å². The van der Waals surface area contributed by atoms with Gasteiger partial charge in [-0.3, -0.25) is 14.4 Å². The first-order valence-electron chi connectivity index (χ1n) is 10.0. The van der Waals surface area contributed by atoms with Gasteiger partial charge in [0.1, 0.15) is 0 Å². The standard InChI is InChI=1S/C24H26N2O4/c1-16-13-18(3)20(14-17(16)2)22(27)15-30-24(29)10-9-23(28)26-12-11-21(25-26)19-7-5-4-6-8-19/h4-8,13-14H,9-12,15H2,1-3H3. The lowest BCUT2D eigenvalue weighted by Gasteiger charge is -2.11. The van der Waals surface area contributed by atoms with E-state index in [0.29, 0.717) is 18.5 Å². The minimum atomic E-state index is -0.565. The second-order valence-electron chi connectivity index (χ2n) is 7.51. The number of carbonyl (C=O) groups is 3. The Balaban J connectivity index is 1.47. The van der Waals surface area contributed by atoms with Crippen molar-refractivity contribution in [2.45, 2.75) is 40.0 Å². The Labute approximate surface area is 176 Å². The number of ketones is 1. The van der Waals surface area contributed by atoms with Gasteiger partial charge in [0.15, 0.2) is 6.61 Å². The van der Waals surface area contributed by atoms with Crippen LogP contribution in [0.2, 0.25) is 0 Å². The molecular formula is C24H26N2O4. The highest BCUT2D eigenvalue weighted by Crippen LogP contribution is 2.17. The number of aryl methyl sites for hydroxylation is 3. The number of amides is 1. The van der Waals surface area contributed by atoms with Crippen LogP contribution in [-0.4, -0.2) is 41.5 Å². The maximum atomic E-state index is 12.4. The normalized spacial score (nSPS) is 13.2. The van der Waals surface area contributed by atoms with E-state index < -0.39 is 5.97 Å². The molecule has 0 atom stereocenters. The predicted molar refractivity (Wildman–Crippen MR) is 114 cm³/mol. The van der Waals surface area contributed by atoms with Crippen LogP contribution in [0.3, 0.4) is 0 Å². The molecule has 0 N–H and O–H groups in total. The smallest absolute Gasteiger partial charge is 0.306 e. The zero-order valence-corrected chi connectivity index (χ0v) is 17.6. The van der Waals surface area contributed by atoms with Gasteiger partial charge in [-0.15, -0.1) is 0 Å². The summed E-state index contributed by atoms with van der Waals surface area (Å²) in [5.41, 5.74) is 5.40. The van der Waals surface area contributed by atoms with Gasteiger partial charge in [0.25, 0.3) is 0 Å². The lowest BCUT2D eigenvalue weighted by atomic mass is 9.98. The monoisotopic (exact) mass is 406 g/mol. The summed E-state index contributed by atoms with van der Waals surface area (Å²) in [4.78, 5) is 36.7. The minimum Gasteiger partial charge on any atom is -0.457 e. The van der Waals surface area contributed by atoms with Gasteiger partial charge in [-0.1, -0.05) is 36.4 Å². The van der Waals surface area contributed by atoms with Crippen LogP contribution in [-0.2, 0) is 14.3 Å². The molecule has 1 amide bonds. The molecule has 0 spiro atoms. The summed E-state index contributed by atoms with van der Waals surface area (Å²) in [6, 6.07) is 13.5. The lowest BCUT2D eigenvalue weighted by molar-refractivity contribution is -0.145. The van der Waals surface area contributed by atoms with E-state index in [2.05, 4.69) is 5.10 Å². The zero-order chi connectivity index (χ0) is 21.7. The Morgan fingerprint density at radius 1 is 0.967 bits per heavy atom. The summed E-state index contributed by atoms with van der Waals surface area (Å²) in [5.74, 6) is -1.04. The zero-order valence-electron chi connectivity index (χ0n) is 17.6. The van der Waals surface area contributed by atoms with Crippen LogP contribution in [0.4, 0.5) is 0 Å². The van der Waals surface area contributed by atoms with Crippen molar-refractivity contribution in [1.29, 1.82) is 0 Å². The molecule has 2 aromatic carbocycles. The van der Waals surface area contributed by atoms with Crippen molar-refractivity contribution >= 4 is 23.4 Å². The number of hydrazone groups is 1. The second-order valence-corrected chi connectivity index (χ2v) is 7.51. The highest BCUT2D eigenvalue weighted by molar-refractivity contribution is 6.02. The number of rotatable bonds is 7. The van der Waals surface area contributed by atoms with Gasteiger partial charge in [-0.05, 0) is 49.1 Å². The quantitative estimate of drug-likeness (QED) is 0.518. The molecule has 3 rings (SSSR count). The Bertz CT molecular complexity index is 996. The molecule has 0 fully saturated rings. The summed E-state index contributed by atoms with van der Waals surface area (Å²) in [5, 5.41) is 5.77. The highest BCUT2D eigenvalue weighted by atomic mass is 16.5. The van der Waals surface area contributed by atoms with E-state index in [4.69, 9.17) is 4.74 Å². The summed E-state index contributed by atoms with van der Waals surface area (Å²) in [6.07, 6.45) is 0.607. The van der Waals surface area contributed by atoms with Crippen LogP contribution in [0.25, 0.3) is 0 Å². The fourth-order valence-corrected chi connectivity index (χ4v) is 3.37. The van der Waals surface area contributed by atoms with Crippen LogP contribution in [0.5, 0.6) is 0 Å². The van der Waals surface area contributed by atoms with Gasteiger partial charge < -0.3 is 4.74 Å². The molecule has 1 aliphatic heterocycles. The fraction of sp³-hybridized carbons (Fsp3) is 0.333. The number of hydrogen-bond donors (Lipinski definition) is 0. The molecule has 0 aromatic heterocycles. The summed E-state index contributed by atoms with van der Waals surface area (Å²) < 4.78 is 5.09. The van der Waals surface area contributed by atoms with E-state index in [9.17, 15) is 14.4 Å². The second kappa shape index (κ2) is 9.48. The third kappa shape index (κ3) is 5.20. The number of carbonyl (C=O) groups excluding carboxylic acids is 3. The molecular weight excluding hydrogens is 380 g/mol. The van der Waals surface area contributed by atoms with Gasteiger partial charge >= 0.3 is 5.97 Å². The number of nitrogens with zero attached hydrogens (tertiary/aromatic N) is 2. The summed E-state index contributed by atoms with van der Waals surface area (Å²) in [6.45, 7) is 5.97. The van der Waals surface area contributed by atoms with Crippen molar-refractivity contribution in [3.05, 3.63) is 70.3 Å². The Hall–Kier alpha value is -3.28. The van der Waals surface area contributed by atoms with Gasteiger partial charge in [0, 0.05) is 18.4 Å². The highest BCUT2D eigenvalue weighted by Gasteiger charge is 2.22. The SMILES string of the molecule is Cc1cc(C)c(C(=O)COC(=O)CCC(=O)N2CCC(c3ccccc3)=N2)cc1C. The Morgan fingerprint density at radius 3 is 2.40 bits per heavy atom. The number of ether oxygens (including phenoxy) is 1. The molecule has 2 aromatic rings. The molecule has 0 saturated heterocycles. The van der Waals surface area contributed by atoms with Crippen molar-refractivity contribution in [3.8, 4) is 0 Å². The molecule has 30 heavy (non-hydrogen) atoms. The van der Waals surface area contributed by atoms with Crippen LogP contribution in [0, 0.1) is 20.8 Å². The fourth-order valence-electron chi connectivity index (χ4n) is 3.37. The van der Waals surface area contributed by atoms with Crippen molar-refractivity contribution in [2.75, 3.05) is 13.2 Å². The molecule has 0 saturated carbocycles. The number of benzene rings is 2. The van der Waals surface area contributed by atoms with Crippen molar-refractivity contribution in [3.63, 3.8) is 0 Å². The van der Waals surface area contributed by atoms with Gasteiger partial charge in [0.05, 0.1) is 18.7 Å². The van der Waals surface area contributed by atoms with E-state index in [1.54, 1.807) is 0 Å². The van der Waals surface area contributed by atoms with E-state index >= 15 is 0 Å². The first kappa shape index (κ1) is 21.4. The van der Waals surface area contributed by atoms with Gasteiger partial charge in [-0.2, -0.15) is 5.10 Å². The van der Waals surface area contributed by atoms with Crippen molar-refractivity contribution in [1.82, 2.24) is 5.01 Å². The van der Waals surface area contributed by atoms with Crippen LogP contribution in [0.1, 0.15) is 51.9 Å². The number of Topliss-reactive ketones (excluding diaryl/α,β-unsaturated/α-hetero) is 1. The van der Waals surface area contributed by atoms with Gasteiger partial charge in [0.2, 0.25) is 11.7 Å². The molecule has 6 heteroatoms. The molecule has 0 unspecified atom stereocenters. The first-order valence-corrected chi connectivity index (χ1v) is 10.0.